The van der Waals surface area contributed by atoms with Crippen LogP contribution in [0.2, 0.25) is 5.02 Å². The molecular weight excluding hydrogens is 282 g/mol. The van der Waals surface area contributed by atoms with Gasteiger partial charge in [-0.15, -0.1) is 0 Å². The lowest BCUT2D eigenvalue weighted by molar-refractivity contribution is -0.123. The van der Waals surface area contributed by atoms with Crippen LogP contribution in [-0.2, 0) is 4.79 Å². The Morgan fingerprint density at radius 2 is 2.20 bits per heavy atom. The molecule has 20 heavy (non-hydrogen) atoms. The molecule has 1 aromatic carbocycles. The maximum Gasteiger partial charge on any atom is 0.339 e. The summed E-state index contributed by atoms with van der Waals surface area (Å²) in [5.74, 6) is -0.733. The van der Waals surface area contributed by atoms with Crippen molar-refractivity contribution in [2.45, 2.75) is 25.8 Å². The minimum atomic E-state index is -1.12. The van der Waals surface area contributed by atoms with Crippen molar-refractivity contribution in [1.82, 2.24) is 5.32 Å². The van der Waals surface area contributed by atoms with Crippen molar-refractivity contribution in [3.05, 3.63) is 28.8 Å². The van der Waals surface area contributed by atoms with Gasteiger partial charge in [0.1, 0.15) is 11.3 Å². The Labute approximate surface area is 121 Å². The third-order valence-corrected chi connectivity index (χ3v) is 3.49. The Kier molecular flexibility index (Phi) is 4.49. The van der Waals surface area contributed by atoms with Gasteiger partial charge in [-0.05, 0) is 43.9 Å². The molecule has 0 radical (unpaired) electrons. The van der Waals surface area contributed by atoms with Crippen LogP contribution in [0.4, 0.5) is 0 Å². The maximum absolute atomic E-state index is 11.7. The second-order valence-electron chi connectivity index (χ2n) is 4.93. The predicted molar refractivity (Wildman–Crippen MR) is 74.2 cm³/mol. The molecule has 0 unspecified atom stereocenters. The van der Waals surface area contributed by atoms with Gasteiger partial charge < -0.3 is 15.2 Å². The van der Waals surface area contributed by atoms with Crippen molar-refractivity contribution in [2.75, 3.05) is 6.61 Å². The van der Waals surface area contributed by atoms with Gasteiger partial charge in [0.2, 0.25) is 0 Å². The van der Waals surface area contributed by atoms with Gasteiger partial charge in [0.15, 0.2) is 6.61 Å². The number of hydrogen-bond acceptors (Lipinski definition) is 3. The van der Waals surface area contributed by atoms with Gasteiger partial charge in [-0.3, -0.25) is 4.79 Å². The summed E-state index contributed by atoms with van der Waals surface area (Å²) in [6.45, 7) is 1.73. The summed E-state index contributed by atoms with van der Waals surface area (Å²) in [6.07, 6.45) is 2.28. The molecule has 2 N–H and O–H groups in total. The highest BCUT2D eigenvalue weighted by atomic mass is 35.5. The molecule has 108 valence electrons. The van der Waals surface area contributed by atoms with Gasteiger partial charge in [-0.1, -0.05) is 11.6 Å². The van der Waals surface area contributed by atoms with E-state index in [2.05, 4.69) is 5.32 Å². The van der Waals surface area contributed by atoms with Crippen LogP contribution in [0.5, 0.6) is 5.75 Å². The Morgan fingerprint density at radius 1 is 1.50 bits per heavy atom. The SMILES string of the molecule is C[C@@H](NC(=O)COc1cc(Cl)ccc1C(=O)O)C1CC1. The Balaban J connectivity index is 1.94. The van der Waals surface area contributed by atoms with Crippen molar-refractivity contribution in [3.8, 4) is 5.75 Å². The first-order valence-corrected chi connectivity index (χ1v) is 6.80. The molecule has 1 fully saturated rings. The summed E-state index contributed by atoms with van der Waals surface area (Å²) < 4.78 is 5.26. The molecule has 0 aliphatic heterocycles. The van der Waals surface area contributed by atoms with Crippen LogP contribution in [-0.4, -0.2) is 29.6 Å². The highest BCUT2D eigenvalue weighted by Gasteiger charge is 2.28. The number of carboxylic acids is 1. The second kappa shape index (κ2) is 6.13. The number of benzene rings is 1. The van der Waals surface area contributed by atoms with Crippen molar-refractivity contribution in [3.63, 3.8) is 0 Å². The molecule has 1 aliphatic rings. The Morgan fingerprint density at radius 3 is 2.80 bits per heavy atom. The summed E-state index contributed by atoms with van der Waals surface area (Å²) in [6, 6.07) is 4.34. The van der Waals surface area contributed by atoms with Gasteiger partial charge >= 0.3 is 5.97 Å². The number of amides is 1. The number of nitrogens with one attached hydrogen (secondary N) is 1. The number of carbonyl (C=O) groups excluding carboxylic acids is 1. The standard InChI is InChI=1S/C14H16ClNO4/c1-8(9-2-3-9)16-13(17)7-20-12-6-10(15)4-5-11(12)14(18)19/h4-6,8-9H,2-3,7H2,1H3,(H,16,17)(H,18,19)/t8-/m1/s1. The highest BCUT2D eigenvalue weighted by Crippen LogP contribution is 2.32. The number of ether oxygens (including phenoxy) is 1. The minimum absolute atomic E-state index is 0.0163. The molecule has 2 rings (SSSR count). The monoisotopic (exact) mass is 297 g/mol. The molecule has 0 spiro atoms. The smallest absolute Gasteiger partial charge is 0.339 e. The fraction of sp³-hybridized carbons (Fsp3) is 0.429. The van der Waals surface area contributed by atoms with E-state index >= 15 is 0 Å². The number of hydrogen-bond donors (Lipinski definition) is 2. The molecule has 0 bridgehead atoms. The van der Waals surface area contributed by atoms with Gasteiger partial charge in [0.05, 0.1) is 0 Å². The van der Waals surface area contributed by atoms with E-state index in [-0.39, 0.29) is 29.9 Å². The largest absolute Gasteiger partial charge is 0.483 e. The van der Waals surface area contributed by atoms with Crippen LogP contribution in [0.15, 0.2) is 18.2 Å². The molecule has 1 atom stereocenters. The number of carbonyl (C=O) groups is 2. The molecule has 1 amide bonds. The van der Waals surface area contributed by atoms with Crippen molar-refractivity contribution in [1.29, 1.82) is 0 Å². The number of aromatic carboxylic acids is 1. The van der Waals surface area contributed by atoms with Crippen LogP contribution in [0.1, 0.15) is 30.1 Å². The first-order valence-electron chi connectivity index (χ1n) is 6.42. The first-order chi connectivity index (χ1) is 9.47. The maximum atomic E-state index is 11.7. The Hall–Kier alpha value is -1.75. The van der Waals surface area contributed by atoms with Crippen molar-refractivity contribution < 1.29 is 19.4 Å². The summed E-state index contributed by atoms with van der Waals surface area (Å²) >= 11 is 5.80. The minimum Gasteiger partial charge on any atom is -0.483 e. The van der Waals surface area contributed by atoms with E-state index in [1.165, 1.54) is 18.2 Å². The molecular formula is C14H16ClNO4. The summed E-state index contributed by atoms with van der Waals surface area (Å²) in [4.78, 5) is 22.7. The van der Waals surface area contributed by atoms with E-state index in [4.69, 9.17) is 21.4 Å². The second-order valence-corrected chi connectivity index (χ2v) is 5.36. The van der Waals surface area contributed by atoms with E-state index < -0.39 is 5.97 Å². The molecule has 1 aromatic rings. The molecule has 6 heteroatoms. The van der Waals surface area contributed by atoms with Crippen LogP contribution in [0.3, 0.4) is 0 Å². The van der Waals surface area contributed by atoms with Crippen LogP contribution < -0.4 is 10.1 Å². The van der Waals surface area contributed by atoms with Crippen LogP contribution >= 0.6 is 11.6 Å². The lowest BCUT2D eigenvalue weighted by Crippen LogP contribution is -2.37. The average Bonchev–Trinajstić information content (AvgIpc) is 3.20. The van der Waals surface area contributed by atoms with Gasteiger partial charge in [-0.2, -0.15) is 0 Å². The summed E-state index contributed by atoms with van der Waals surface area (Å²) in [7, 11) is 0. The van der Waals surface area contributed by atoms with E-state index in [0.29, 0.717) is 10.9 Å². The fourth-order valence-electron chi connectivity index (χ4n) is 1.95. The van der Waals surface area contributed by atoms with E-state index in [1.54, 1.807) is 0 Å². The zero-order valence-corrected chi connectivity index (χ0v) is 11.8. The molecule has 0 aromatic heterocycles. The lowest BCUT2D eigenvalue weighted by atomic mass is 10.2. The zero-order chi connectivity index (χ0) is 14.7. The van der Waals surface area contributed by atoms with Crippen molar-refractivity contribution >= 4 is 23.5 Å². The first kappa shape index (κ1) is 14.7. The molecule has 1 aliphatic carbocycles. The number of carboxylic acid groups (broad SMARTS) is 1. The fourth-order valence-corrected chi connectivity index (χ4v) is 2.11. The normalized spacial score (nSPS) is 15.5. The van der Waals surface area contributed by atoms with E-state index in [0.717, 1.165) is 12.8 Å². The summed E-state index contributed by atoms with van der Waals surface area (Å²) in [5.41, 5.74) is -0.0163. The highest BCUT2D eigenvalue weighted by molar-refractivity contribution is 6.30. The van der Waals surface area contributed by atoms with E-state index in [9.17, 15) is 9.59 Å². The molecule has 1 saturated carbocycles. The average molecular weight is 298 g/mol. The quantitative estimate of drug-likeness (QED) is 0.845. The number of halogens is 1. The summed E-state index contributed by atoms with van der Waals surface area (Å²) in [5, 5.41) is 12.2. The van der Waals surface area contributed by atoms with Gasteiger partial charge in [-0.25, -0.2) is 4.79 Å². The third-order valence-electron chi connectivity index (χ3n) is 3.25. The van der Waals surface area contributed by atoms with Gasteiger partial charge in [0, 0.05) is 11.1 Å². The van der Waals surface area contributed by atoms with Crippen LogP contribution in [0.25, 0.3) is 0 Å². The zero-order valence-electron chi connectivity index (χ0n) is 11.1. The molecule has 0 heterocycles. The topological polar surface area (TPSA) is 75.6 Å². The van der Waals surface area contributed by atoms with Gasteiger partial charge in [0.25, 0.3) is 5.91 Å². The van der Waals surface area contributed by atoms with Crippen LogP contribution in [0, 0.1) is 5.92 Å². The molecule has 0 saturated heterocycles. The lowest BCUT2D eigenvalue weighted by Gasteiger charge is -2.14. The molecule has 5 nitrogen and oxygen atoms in total. The Bertz CT molecular complexity index is 528. The van der Waals surface area contributed by atoms with Crippen molar-refractivity contribution in [2.24, 2.45) is 5.92 Å². The predicted octanol–water partition coefficient (Wildman–Crippen LogP) is 2.33. The number of rotatable bonds is 6. The van der Waals surface area contributed by atoms with E-state index in [1.807, 2.05) is 6.92 Å². The third kappa shape index (κ3) is 3.87.